The Morgan fingerprint density at radius 1 is 1.35 bits per heavy atom. The van der Waals surface area contributed by atoms with Crippen molar-refractivity contribution in [3.8, 4) is 0 Å². The summed E-state index contributed by atoms with van der Waals surface area (Å²) in [5.74, 6) is -0.416. The number of rotatable bonds is 6. The van der Waals surface area contributed by atoms with Gasteiger partial charge in [-0.3, -0.25) is 10.1 Å². The van der Waals surface area contributed by atoms with Gasteiger partial charge in [0.2, 0.25) is 10.0 Å². The summed E-state index contributed by atoms with van der Waals surface area (Å²) in [5, 5.41) is 10.9. The number of nitrogens with two attached hydrogens (primary N) is 1. The lowest BCUT2D eigenvalue weighted by molar-refractivity contribution is -0.385. The number of hydrogen-bond donors (Lipinski definition) is 2. The Morgan fingerprint density at radius 2 is 2.00 bits per heavy atom. The van der Waals surface area contributed by atoms with E-state index in [1.54, 1.807) is 6.07 Å². The standard InChI is InChI=1S/C12H17N3O4S/c13-12(6-3-7-12)9-14-20(18,19)8-10-4-1-2-5-11(10)15(16)17/h1-2,4-5,14H,3,6-9,13H2. The Balaban J connectivity index is 2.06. The van der Waals surface area contributed by atoms with Crippen LogP contribution in [0.15, 0.2) is 24.3 Å². The van der Waals surface area contributed by atoms with Gasteiger partial charge in [0.05, 0.1) is 10.7 Å². The highest BCUT2D eigenvalue weighted by Crippen LogP contribution is 2.28. The van der Waals surface area contributed by atoms with Crippen molar-refractivity contribution in [3.05, 3.63) is 39.9 Å². The van der Waals surface area contributed by atoms with Crippen molar-refractivity contribution in [3.63, 3.8) is 0 Å². The molecule has 1 saturated carbocycles. The van der Waals surface area contributed by atoms with Gasteiger partial charge in [0.25, 0.3) is 5.69 Å². The van der Waals surface area contributed by atoms with E-state index in [2.05, 4.69) is 4.72 Å². The molecule has 1 aliphatic carbocycles. The van der Waals surface area contributed by atoms with E-state index >= 15 is 0 Å². The average Bonchev–Trinajstić information content (AvgIpc) is 2.34. The molecule has 8 heteroatoms. The van der Waals surface area contributed by atoms with Gasteiger partial charge in [-0.2, -0.15) is 0 Å². The third-order valence-electron chi connectivity index (χ3n) is 3.53. The van der Waals surface area contributed by atoms with E-state index < -0.39 is 26.2 Å². The van der Waals surface area contributed by atoms with Gasteiger partial charge in [-0.25, -0.2) is 13.1 Å². The minimum atomic E-state index is -3.63. The number of nitrogens with one attached hydrogen (secondary N) is 1. The predicted molar refractivity (Wildman–Crippen MR) is 74.5 cm³/mol. The van der Waals surface area contributed by atoms with Gasteiger partial charge in [0.1, 0.15) is 0 Å². The quantitative estimate of drug-likeness (QED) is 0.598. The highest BCUT2D eigenvalue weighted by Gasteiger charge is 2.33. The average molecular weight is 299 g/mol. The van der Waals surface area contributed by atoms with Gasteiger partial charge in [0.15, 0.2) is 0 Å². The van der Waals surface area contributed by atoms with Crippen LogP contribution < -0.4 is 10.5 Å². The van der Waals surface area contributed by atoms with Crippen molar-refractivity contribution in [2.45, 2.75) is 30.6 Å². The minimum absolute atomic E-state index is 0.171. The van der Waals surface area contributed by atoms with Crippen LogP contribution in [0.1, 0.15) is 24.8 Å². The van der Waals surface area contributed by atoms with Crippen LogP contribution >= 0.6 is 0 Å². The fourth-order valence-electron chi connectivity index (χ4n) is 2.13. The zero-order valence-corrected chi connectivity index (χ0v) is 11.7. The lowest BCUT2D eigenvalue weighted by atomic mass is 9.78. The summed E-state index contributed by atoms with van der Waals surface area (Å²) in [4.78, 5) is 10.3. The summed E-state index contributed by atoms with van der Waals surface area (Å²) in [5.41, 5.74) is 5.46. The van der Waals surface area contributed by atoms with Crippen LogP contribution in [0, 0.1) is 10.1 Å². The summed E-state index contributed by atoms with van der Waals surface area (Å²) in [6.07, 6.45) is 2.59. The first kappa shape index (κ1) is 14.9. The van der Waals surface area contributed by atoms with Gasteiger partial charge < -0.3 is 5.73 Å². The zero-order valence-electron chi connectivity index (χ0n) is 10.9. The molecule has 20 heavy (non-hydrogen) atoms. The number of benzene rings is 1. The molecule has 0 unspecified atom stereocenters. The fraction of sp³-hybridized carbons (Fsp3) is 0.500. The maximum absolute atomic E-state index is 12.0. The summed E-state index contributed by atoms with van der Waals surface area (Å²) in [6.45, 7) is 0.177. The van der Waals surface area contributed by atoms with E-state index in [1.807, 2.05) is 0 Å². The van der Waals surface area contributed by atoms with E-state index in [-0.39, 0.29) is 17.8 Å². The van der Waals surface area contributed by atoms with Crippen molar-refractivity contribution in [1.29, 1.82) is 0 Å². The monoisotopic (exact) mass is 299 g/mol. The molecule has 3 N–H and O–H groups in total. The van der Waals surface area contributed by atoms with E-state index in [1.165, 1.54) is 18.2 Å². The van der Waals surface area contributed by atoms with Crippen LogP contribution in [0.4, 0.5) is 5.69 Å². The molecular formula is C12H17N3O4S. The molecule has 2 rings (SSSR count). The normalized spacial score (nSPS) is 17.4. The third-order valence-corrected chi connectivity index (χ3v) is 4.80. The minimum Gasteiger partial charge on any atom is -0.324 e. The molecule has 0 bridgehead atoms. The first-order chi connectivity index (χ1) is 9.31. The molecule has 0 spiro atoms. The van der Waals surface area contributed by atoms with E-state index in [0.717, 1.165) is 19.3 Å². The highest BCUT2D eigenvalue weighted by atomic mass is 32.2. The van der Waals surface area contributed by atoms with Crippen LogP contribution in [-0.4, -0.2) is 25.4 Å². The zero-order chi connectivity index (χ0) is 14.8. The van der Waals surface area contributed by atoms with Gasteiger partial charge in [-0.05, 0) is 19.3 Å². The molecule has 1 aromatic carbocycles. The molecule has 1 aliphatic rings. The van der Waals surface area contributed by atoms with Crippen molar-refractivity contribution in [1.82, 2.24) is 4.72 Å². The number of nitro benzene ring substituents is 1. The van der Waals surface area contributed by atoms with Gasteiger partial charge >= 0.3 is 0 Å². The van der Waals surface area contributed by atoms with Crippen LogP contribution in [0.3, 0.4) is 0 Å². The lowest BCUT2D eigenvalue weighted by Crippen LogP contribution is -2.55. The fourth-order valence-corrected chi connectivity index (χ4v) is 3.39. The third kappa shape index (κ3) is 3.53. The van der Waals surface area contributed by atoms with Crippen molar-refractivity contribution < 1.29 is 13.3 Å². The van der Waals surface area contributed by atoms with E-state index in [9.17, 15) is 18.5 Å². The molecule has 110 valence electrons. The van der Waals surface area contributed by atoms with Crippen LogP contribution in [0.5, 0.6) is 0 Å². The Labute approximate surface area is 117 Å². The first-order valence-electron chi connectivity index (χ1n) is 6.30. The van der Waals surface area contributed by atoms with Crippen LogP contribution in [-0.2, 0) is 15.8 Å². The molecule has 0 saturated heterocycles. The number of nitro groups is 1. The molecule has 1 aromatic rings. The van der Waals surface area contributed by atoms with E-state index in [4.69, 9.17) is 5.73 Å². The van der Waals surface area contributed by atoms with Gasteiger partial charge in [-0.15, -0.1) is 0 Å². The maximum Gasteiger partial charge on any atom is 0.273 e. The number of para-hydroxylation sites is 1. The van der Waals surface area contributed by atoms with Crippen molar-refractivity contribution in [2.24, 2.45) is 5.73 Å². The van der Waals surface area contributed by atoms with Gasteiger partial charge in [-0.1, -0.05) is 18.2 Å². The number of sulfonamides is 1. The smallest absolute Gasteiger partial charge is 0.273 e. The molecular weight excluding hydrogens is 282 g/mol. The SMILES string of the molecule is NC1(CNS(=O)(=O)Cc2ccccc2[N+](=O)[O-])CCC1. The Morgan fingerprint density at radius 3 is 2.55 bits per heavy atom. The molecule has 0 aliphatic heterocycles. The first-order valence-corrected chi connectivity index (χ1v) is 7.95. The summed E-state index contributed by atoms with van der Waals surface area (Å²) in [6, 6.07) is 5.82. The number of hydrogen-bond acceptors (Lipinski definition) is 5. The molecule has 0 amide bonds. The second kappa shape index (κ2) is 5.47. The summed E-state index contributed by atoms with van der Waals surface area (Å²) in [7, 11) is -3.63. The molecule has 0 radical (unpaired) electrons. The Kier molecular flexibility index (Phi) is 4.07. The second-order valence-corrected chi connectivity index (χ2v) is 6.99. The largest absolute Gasteiger partial charge is 0.324 e. The van der Waals surface area contributed by atoms with E-state index in [0.29, 0.717) is 0 Å². The second-order valence-electron chi connectivity index (χ2n) is 5.18. The number of nitrogens with zero attached hydrogens (tertiary/aromatic N) is 1. The predicted octanol–water partition coefficient (Wildman–Crippen LogP) is 0.896. The lowest BCUT2D eigenvalue weighted by Gasteiger charge is -2.38. The highest BCUT2D eigenvalue weighted by molar-refractivity contribution is 7.88. The molecule has 0 aromatic heterocycles. The van der Waals surface area contributed by atoms with Crippen LogP contribution in [0.25, 0.3) is 0 Å². The summed E-state index contributed by atoms with van der Waals surface area (Å²) >= 11 is 0. The van der Waals surface area contributed by atoms with Crippen LogP contribution in [0.2, 0.25) is 0 Å². The Bertz CT molecular complexity index is 611. The molecule has 1 fully saturated rings. The molecule has 0 atom stereocenters. The topological polar surface area (TPSA) is 115 Å². The van der Waals surface area contributed by atoms with Crippen molar-refractivity contribution >= 4 is 15.7 Å². The Hall–Kier alpha value is -1.51. The summed E-state index contributed by atoms with van der Waals surface area (Å²) < 4.78 is 26.4. The van der Waals surface area contributed by atoms with Gasteiger partial charge in [0, 0.05) is 23.7 Å². The molecule has 0 heterocycles. The molecule has 7 nitrogen and oxygen atoms in total. The maximum atomic E-state index is 12.0. The van der Waals surface area contributed by atoms with Crippen molar-refractivity contribution in [2.75, 3.05) is 6.54 Å².